The molecule has 1 N–H and O–H groups in total. The predicted octanol–water partition coefficient (Wildman–Crippen LogP) is 6.08. The van der Waals surface area contributed by atoms with Crippen molar-refractivity contribution in [2.75, 3.05) is 5.32 Å². The first-order chi connectivity index (χ1) is 19.6. The quantitative estimate of drug-likeness (QED) is 0.218. The van der Waals surface area contributed by atoms with Gasteiger partial charge in [-0.3, -0.25) is 14.6 Å². The molecule has 0 aliphatic heterocycles. The zero-order chi connectivity index (χ0) is 27.5. The Hall–Kier alpha value is -4.32. The second-order valence-corrected chi connectivity index (χ2v) is 11.5. The molecule has 0 fully saturated rings. The van der Waals surface area contributed by atoms with Crippen LogP contribution in [0.3, 0.4) is 0 Å². The van der Waals surface area contributed by atoms with Crippen molar-refractivity contribution in [3.63, 3.8) is 0 Å². The molecule has 0 aliphatic carbocycles. The number of rotatable bonds is 9. The van der Waals surface area contributed by atoms with Gasteiger partial charge in [-0.15, -0.1) is 22.7 Å². The molecule has 0 saturated heterocycles. The van der Waals surface area contributed by atoms with Gasteiger partial charge in [-0.05, 0) is 54.3 Å². The van der Waals surface area contributed by atoms with E-state index < -0.39 is 5.91 Å². The van der Waals surface area contributed by atoms with Gasteiger partial charge < -0.3 is 14.3 Å². The highest BCUT2D eigenvalue weighted by Gasteiger charge is 2.23. The predicted molar refractivity (Wildman–Crippen MR) is 156 cm³/mol. The average Bonchev–Trinajstić information content (AvgIpc) is 3.79. The van der Waals surface area contributed by atoms with E-state index in [0.29, 0.717) is 52.3 Å². The third kappa shape index (κ3) is 5.39. The second-order valence-electron chi connectivity index (χ2n) is 8.66. The van der Waals surface area contributed by atoms with Crippen molar-refractivity contribution in [1.82, 2.24) is 24.3 Å². The Bertz CT molecular complexity index is 1810. The second kappa shape index (κ2) is 11.4. The maximum atomic E-state index is 14.0. The summed E-state index contributed by atoms with van der Waals surface area (Å²) in [6.07, 6.45) is 5.10. The number of nitrogens with one attached hydrogen (secondary N) is 1. The fourth-order valence-corrected chi connectivity index (χ4v) is 5.97. The maximum absolute atomic E-state index is 14.0. The van der Waals surface area contributed by atoms with Gasteiger partial charge >= 0.3 is 5.91 Å². The van der Waals surface area contributed by atoms with Gasteiger partial charge in [-0.2, -0.15) is 9.78 Å². The van der Waals surface area contributed by atoms with Crippen LogP contribution in [0.15, 0.2) is 93.9 Å². The van der Waals surface area contributed by atoms with Crippen molar-refractivity contribution in [3.8, 4) is 22.6 Å². The van der Waals surface area contributed by atoms with Gasteiger partial charge in [0.2, 0.25) is 0 Å². The number of thiophene rings is 2. The molecule has 0 atom stereocenters. The van der Waals surface area contributed by atoms with Crippen LogP contribution in [0.1, 0.15) is 20.4 Å². The molecule has 200 valence electrons. The topological polar surface area (TPSA) is 108 Å². The molecule has 0 aromatic carbocycles. The molecule has 0 spiro atoms. The van der Waals surface area contributed by atoms with Crippen LogP contribution in [0.2, 0.25) is 4.34 Å². The third-order valence-corrected chi connectivity index (χ3v) is 8.30. The Kier molecular flexibility index (Phi) is 7.41. The number of pyridine rings is 2. The average molecular weight is 589 g/mol. The van der Waals surface area contributed by atoms with Crippen molar-refractivity contribution in [2.24, 2.45) is 0 Å². The van der Waals surface area contributed by atoms with Gasteiger partial charge in [0.25, 0.3) is 11.4 Å². The summed E-state index contributed by atoms with van der Waals surface area (Å²) in [5.74, 6) is -0.289. The molecule has 0 aliphatic rings. The zero-order valence-electron chi connectivity index (χ0n) is 20.9. The number of anilines is 1. The summed E-state index contributed by atoms with van der Waals surface area (Å²) in [5, 5.41) is 9.78. The molecule has 9 nitrogen and oxygen atoms in total. The summed E-state index contributed by atoms with van der Waals surface area (Å²) in [6, 6.07) is 18.6. The molecule has 6 aromatic rings. The molecule has 6 rings (SSSR count). The van der Waals surface area contributed by atoms with E-state index in [1.54, 1.807) is 34.2 Å². The van der Waals surface area contributed by atoms with Crippen molar-refractivity contribution < 1.29 is 9.21 Å². The number of oxazole rings is 1. The molecule has 6 aromatic heterocycles. The first-order valence-electron chi connectivity index (χ1n) is 12.3. The summed E-state index contributed by atoms with van der Waals surface area (Å²) in [7, 11) is 0. The summed E-state index contributed by atoms with van der Waals surface area (Å²) in [6.45, 7) is 0.865. The number of carbonyl (C=O) groups excluding carboxylic acids is 1. The Labute approximate surface area is 241 Å². The maximum Gasteiger partial charge on any atom is 0.335 e. The lowest BCUT2D eigenvalue weighted by Gasteiger charge is -2.13. The van der Waals surface area contributed by atoms with Crippen LogP contribution < -0.4 is 10.9 Å². The van der Waals surface area contributed by atoms with E-state index in [1.165, 1.54) is 33.4 Å². The largest absolute Gasteiger partial charge is 0.441 e. The molecule has 0 bridgehead atoms. The van der Waals surface area contributed by atoms with Crippen LogP contribution in [-0.2, 0) is 19.5 Å². The van der Waals surface area contributed by atoms with E-state index in [0.717, 1.165) is 4.88 Å². The van der Waals surface area contributed by atoms with Gasteiger partial charge in [0.05, 0.1) is 34.0 Å². The van der Waals surface area contributed by atoms with Gasteiger partial charge in [0.1, 0.15) is 17.8 Å². The minimum absolute atomic E-state index is 0.115. The van der Waals surface area contributed by atoms with Crippen molar-refractivity contribution in [1.29, 1.82) is 0 Å². The Morgan fingerprint density at radius 1 is 1.00 bits per heavy atom. The number of halogens is 1. The molecule has 0 saturated carbocycles. The molecule has 0 amide bonds. The van der Waals surface area contributed by atoms with Gasteiger partial charge in [0.15, 0.2) is 0 Å². The van der Waals surface area contributed by atoms with Gasteiger partial charge in [-0.1, -0.05) is 23.7 Å². The van der Waals surface area contributed by atoms with Gasteiger partial charge in [0, 0.05) is 28.6 Å². The third-order valence-electron chi connectivity index (χ3n) is 6.13. The Morgan fingerprint density at radius 2 is 1.93 bits per heavy atom. The van der Waals surface area contributed by atoms with E-state index >= 15 is 0 Å². The van der Waals surface area contributed by atoms with E-state index in [1.807, 2.05) is 47.8 Å². The lowest BCUT2D eigenvalue weighted by molar-refractivity contribution is 0.0913. The molecular formula is C28H21ClN6O3S2. The smallest absolute Gasteiger partial charge is 0.335 e. The monoisotopic (exact) mass is 588 g/mol. The van der Waals surface area contributed by atoms with Crippen LogP contribution in [0.25, 0.3) is 22.6 Å². The lowest BCUT2D eigenvalue weighted by Crippen LogP contribution is -2.24. The molecule has 0 unspecified atom stereocenters. The highest BCUT2D eigenvalue weighted by Crippen LogP contribution is 2.26. The van der Waals surface area contributed by atoms with E-state index in [4.69, 9.17) is 16.0 Å². The number of nitrogens with zero attached hydrogens (tertiary/aromatic N) is 5. The minimum atomic E-state index is -0.564. The van der Waals surface area contributed by atoms with E-state index in [2.05, 4.69) is 26.4 Å². The number of aryl methyl sites for hydroxylation is 1. The normalized spacial score (nSPS) is 11.1. The Morgan fingerprint density at radius 3 is 2.65 bits per heavy atom. The van der Waals surface area contributed by atoms with Crippen LogP contribution in [-0.4, -0.2) is 30.2 Å². The fraction of sp³-hybridized carbons (Fsp3) is 0.107. The lowest BCUT2D eigenvalue weighted by atomic mass is 10.1. The van der Waals surface area contributed by atoms with Crippen LogP contribution >= 0.6 is 34.3 Å². The highest BCUT2D eigenvalue weighted by atomic mass is 35.5. The number of hydrogen-bond donors (Lipinski definition) is 1. The summed E-state index contributed by atoms with van der Waals surface area (Å²) in [5.41, 5.74) is 1.86. The SMILES string of the molecule is O=C(c1ncco1)n1nc(-c2ccc(-c3ccccn3)n(CCc3cccs3)c2=O)cc1NCc1ccc(Cl)s1. The molecule has 12 heteroatoms. The number of aromatic nitrogens is 5. The molecule has 40 heavy (non-hydrogen) atoms. The van der Waals surface area contributed by atoms with Crippen LogP contribution in [0.5, 0.6) is 0 Å². The van der Waals surface area contributed by atoms with Crippen LogP contribution in [0.4, 0.5) is 5.82 Å². The molecule has 0 radical (unpaired) electrons. The first-order valence-corrected chi connectivity index (χ1v) is 14.3. The molecule has 6 heterocycles. The summed E-state index contributed by atoms with van der Waals surface area (Å²) in [4.78, 5) is 37.8. The minimum Gasteiger partial charge on any atom is -0.441 e. The summed E-state index contributed by atoms with van der Waals surface area (Å²) < 4.78 is 8.77. The van der Waals surface area contributed by atoms with Crippen molar-refractivity contribution in [2.45, 2.75) is 19.5 Å². The number of hydrogen-bond acceptors (Lipinski definition) is 9. The zero-order valence-corrected chi connectivity index (χ0v) is 23.2. The Balaban J connectivity index is 1.41. The van der Waals surface area contributed by atoms with Crippen molar-refractivity contribution >= 4 is 46.0 Å². The van der Waals surface area contributed by atoms with E-state index in [-0.39, 0.29) is 11.4 Å². The van der Waals surface area contributed by atoms with Crippen LogP contribution in [0, 0.1) is 0 Å². The van der Waals surface area contributed by atoms with Crippen molar-refractivity contribution in [3.05, 3.63) is 115 Å². The first kappa shape index (κ1) is 25.9. The fourth-order valence-electron chi connectivity index (χ4n) is 4.25. The highest BCUT2D eigenvalue weighted by molar-refractivity contribution is 7.16. The number of carbonyl (C=O) groups is 1. The molecular weight excluding hydrogens is 568 g/mol. The standard InChI is InChI=1S/C28H21ClN6O3S2/c29-24-9-6-19(40-24)17-32-25-16-22(33-35(25)28(37)26-31-12-14-38-26)20-7-8-23(21-5-1-2-11-30-21)34(27(20)36)13-10-18-4-3-15-39-18/h1-9,11-12,14-16,32H,10,13,17H2. The van der Waals surface area contributed by atoms with E-state index in [9.17, 15) is 9.59 Å². The summed E-state index contributed by atoms with van der Waals surface area (Å²) >= 11 is 9.16. The van der Waals surface area contributed by atoms with Gasteiger partial charge in [-0.25, -0.2) is 4.98 Å².